The molecule has 0 bridgehead atoms. The van der Waals surface area contributed by atoms with Crippen LogP contribution in [0.15, 0.2) is 60.7 Å². The first-order valence-electron chi connectivity index (χ1n) is 9.13. The molecule has 0 aliphatic rings. The molecular weight excluding hydrogens is 368 g/mol. The van der Waals surface area contributed by atoms with Gasteiger partial charge in [0.25, 0.3) is 5.91 Å². The maximum absolute atomic E-state index is 12.7. The van der Waals surface area contributed by atoms with E-state index in [1.165, 1.54) is 7.11 Å². The summed E-state index contributed by atoms with van der Waals surface area (Å²) in [5, 5.41) is 5.98. The van der Waals surface area contributed by atoms with Gasteiger partial charge in [0.2, 0.25) is 5.95 Å². The molecular formula is C22H22N4O3. The molecule has 7 heteroatoms. The molecule has 29 heavy (non-hydrogen) atoms. The molecule has 0 spiro atoms. The topological polar surface area (TPSA) is 93.2 Å². The van der Waals surface area contributed by atoms with Crippen molar-refractivity contribution in [2.75, 3.05) is 17.7 Å². The number of esters is 1. The number of anilines is 2. The number of aryl methyl sites for hydroxylation is 1. The van der Waals surface area contributed by atoms with Crippen molar-refractivity contribution >= 4 is 23.5 Å². The maximum atomic E-state index is 12.7. The van der Waals surface area contributed by atoms with Gasteiger partial charge in [-0.3, -0.25) is 4.79 Å². The quantitative estimate of drug-likeness (QED) is 0.618. The Morgan fingerprint density at radius 1 is 1.00 bits per heavy atom. The number of hydrogen-bond donors (Lipinski definition) is 2. The number of nitrogens with one attached hydrogen (secondary N) is 2. The average Bonchev–Trinajstić information content (AvgIpc) is 2.73. The molecule has 0 radical (unpaired) electrons. The van der Waals surface area contributed by atoms with Crippen LogP contribution in [0.3, 0.4) is 0 Å². The van der Waals surface area contributed by atoms with E-state index < -0.39 is 11.9 Å². The summed E-state index contributed by atoms with van der Waals surface area (Å²) in [7, 11) is 1.31. The number of ether oxygens (including phenoxy) is 1. The van der Waals surface area contributed by atoms with Gasteiger partial charge in [0, 0.05) is 11.4 Å². The summed E-state index contributed by atoms with van der Waals surface area (Å²) in [5.74, 6) is -0.497. The Morgan fingerprint density at radius 2 is 1.76 bits per heavy atom. The van der Waals surface area contributed by atoms with Crippen molar-refractivity contribution < 1.29 is 14.3 Å². The van der Waals surface area contributed by atoms with Crippen LogP contribution in [0.5, 0.6) is 0 Å². The number of hydrogen-bond acceptors (Lipinski definition) is 6. The number of methoxy groups -OCH3 is 1. The molecule has 0 aliphatic carbocycles. The summed E-state index contributed by atoms with van der Waals surface area (Å²) in [5.41, 5.74) is 2.80. The SMILES string of the molecule is COC(=O)c1cccc(NC(=O)c2cc(C)nc(NC(C)c3ccccc3)n2)c1. The van der Waals surface area contributed by atoms with Gasteiger partial charge < -0.3 is 15.4 Å². The zero-order valence-corrected chi connectivity index (χ0v) is 16.5. The number of benzene rings is 2. The van der Waals surface area contributed by atoms with Crippen LogP contribution < -0.4 is 10.6 Å². The zero-order valence-electron chi connectivity index (χ0n) is 16.5. The smallest absolute Gasteiger partial charge is 0.337 e. The lowest BCUT2D eigenvalue weighted by Crippen LogP contribution is -2.17. The molecule has 2 aromatic carbocycles. The maximum Gasteiger partial charge on any atom is 0.337 e. The summed E-state index contributed by atoms with van der Waals surface area (Å²) < 4.78 is 4.71. The number of carbonyl (C=O) groups is 2. The van der Waals surface area contributed by atoms with Gasteiger partial charge in [0.1, 0.15) is 5.69 Å². The first kappa shape index (κ1) is 20.0. The largest absolute Gasteiger partial charge is 0.465 e. The van der Waals surface area contributed by atoms with E-state index in [4.69, 9.17) is 4.74 Å². The Hall–Kier alpha value is -3.74. The third-order valence-corrected chi connectivity index (χ3v) is 4.27. The fourth-order valence-electron chi connectivity index (χ4n) is 2.81. The molecule has 3 aromatic rings. The van der Waals surface area contributed by atoms with Crippen molar-refractivity contribution in [3.63, 3.8) is 0 Å². The lowest BCUT2D eigenvalue weighted by atomic mass is 10.1. The third-order valence-electron chi connectivity index (χ3n) is 4.27. The first-order valence-corrected chi connectivity index (χ1v) is 9.13. The highest BCUT2D eigenvalue weighted by molar-refractivity contribution is 6.03. The van der Waals surface area contributed by atoms with Gasteiger partial charge >= 0.3 is 5.97 Å². The van der Waals surface area contributed by atoms with E-state index in [9.17, 15) is 9.59 Å². The molecule has 1 aromatic heterocycles. The van der Waals surface area contributed by atoms with Crippen molar-refractivity contribution in [1.82, 2.24) is 9.97 Å². The molecule has 148 valence electrons. The monoisotopic (exact) mass is 390 g/mol. The number of aromatic nitrogens is 2. The number of nitrogens with zero attached hydrogens (tertiary/aromatic N) is 2. The Bertz CT molecular complexity index is 1020. The minimum atomic E-state index is -0.472. The van der Waals surface area contributed by atoms with Gasteiger partial charge in [-0.25, -0.2) is 14.8 Å². The van der Waals surface area contributed by atoms with Gasteiger partial charge in [-0.05, 0) is 43.7 Å². The van der Waals surface area contributed by atoms with Gasteiger partial charge in [0.15, 0.2) is 0 Å². The highest BCUT2D eigenvalue weighted by atomic mass is 16.5. The molecule has 2 N–H and O–H groups in total. The predicted octanol–water partition coefficient (Wildman–Crippen LogP) is 4.00. The first-order chi connectivity index (χ1) is 14.0. The standard InChI is InChI=1S/C22H22N4O3/c1-14-12-19(20(27)25-18-11-7-10-17(13-18)21(28)29-3)26-22(23-14)24-15(2)16-8-5-4-6-9-16/h4-13,15H,1-3H3,(H,25,27)(H,23,24,26). The molecule has 0 saturated heterocycles. The van der Waals surface area contributed by atoms with Crippen LogP contribution in [-0.2, 0) is 4.74 Å². The molecule has 0 fully saturated rings. The molecule has 1 amide bonds. The van der Waals surface area contributed by atoms with E-state index in [1.807, 2.05) is 37.3 Å². The van der Waals surface area contributed by atoms with E-state index >= 15 is 0 Å². The van der Waals surface area contributed by atoms with Crippen LogP contribution in [0.25, 0.3) is 0 Å². The summed E-state index contributed by atoms with van der Waals surface area (Å²) in [4.78, 5) is 33.1. The second kappa shape index (κ2) is 8.97. The molecule has 1 heterocycles. The molecule has 0 saturated carbocycles. The predicted molar refractivity (Wildman–Crippen MR) is 111 cm³/mol. The van der Waals surface area contributed by atoms with Crippen molar-refractivity contribution in [3.8, 4) is 0 Å². The van der Waals surface area contributed by atoms with Crippen LogP contribution >= 0.6 is 0 Å². The average molecular weight is 390 g/mol. The molecule has 3 rings (SSSR count). The highest BCUT2D eigenvalue weighted by Crippen LogP contribution is 2.18. The Kier molecular flexibility index (Phi) is 6.19. The third kappa shape index (κ3) is 5.16. The van der Waals surface area contributed by atoms with E-state index in [1.54, 1.807) is 37.3 Å². The van der Waals surface area contributed by atoms with Gasteiger partial charge in [-0.1, -0.05) is 36.4 Å². The Morgan fingerprint density at radius 3 is 2.48 bits per heavy atom. The van der Waals surface area contributed by atoms with Gasteiger partial charge in [-0.15, -0.1) is 0 Å². The second-order valence-corrected chi connectivity index (χ2v) is 6.52. The minimum absolute atomic E-state index is 0.0225. The van der Waals surface area contributed by atoms with Crippen molar-refractivity contribution in [3.05, 3.63) is 83.2 Å². The summed E-state index contributed by atoms with van der Waals surface area (Å²) in [6, 6.07) is 18.0. The number of amides is 1. The van der Waals surface area contributed by atoms with Crippen molar-refractivity contribution in [2.24, 2.45) is 0 Å². The van der Waals surface area contributed by atoms with Crippen LogP contribution in [0.4, 0.5) is 11.6 Å². The van der Waals surface area contributed by atoms with Crippen LogP contribution in [0.1, 0.15) is 45.1 Å². The van der Waals surface area contributed by atoms with Crippen molar-refractivity contribution in [2.45, 2.75) is 19.9 Å². The Balaban J connectivity index is 1.77. The fraction of sp³-hybridized carbons (Fsp3) is 0.182. The second-order valence-electron chi connectivity index (χ2n) is 6.52. The summed E-state index contributed by atoms with van der Waals surface area (Å²) in [6.45, 7) is 3.80. The fourth-order valence-corrected chi connectivity index (χ4v) is 2.81. The Labute approximate surface area is 169 Å². The lowest BCUT2D eigenvalue weighted by Gasteiger charge is -2.15. The van der Waals surface area contributed by atoms with Gasteiger partial charge in [-0.2, -0.15) is 0 Å². The van der Waals surface area contributed by atoms with E-state index in [0.717, 1.165) is 5.56 Å². The molecule has 1 atom stereocenters. The van der Waals surface area contributed by atoms with E-state index in [-0.39, 0.29) is 11.7 Å². The van der Waals surface area contributed by atoms with Crippen LogP contribution in [0, 0.1) is 6.92 Å². The van der Waals surface area contributed by atoms with Gasteiger partial charge in [0.05, 0.1) is 18.7 Å². The molecule has 1 unspecified atom stereocenters. The van der Waals surface area contributed by atoms with Crippen molar-refractivity contribution in [1.29, 1.82) is 0 Å². The molecule has 7 nitrogen and oxygen atoms in total. The minimum Gasteiger partial charge on any atom is -0.465 e. The lowest BCUT2D eigenvalue weighted by molar-refractivity contribution is 0.0600. The van der Waals surface area contributed by atoms with E-state index in [2.05, 4.69) is 20.6 Å². The number of carbonyl (C=O) groups excluding carboxylic acids is 2. The molecule has 0 aliphatic heterocycles. The normalized spacial score (nSPS) is 11.4. The highest BCUT2D eigenvalue weighted by Gasteiger charge is 2.14. The number of rotatable bonds is 6. The van der Waals surface area contributed by atoms with Crippen LogP contribution in [-0.4, -0.2) is 29.0 Å². The summed E-state index contributed by atoms with van der Waals surface area (Å²) in [6.07, 6.45) is 0. The zero-order chi connectivity index (χ0) is 20.8. The van der Waals surface area contributed by atoms with E-state index in [0.29, 0.717) is 22.9 Å². The van der Waals surface area contributed by atoms with Crippen LogP contribution in [0.2, 0.25) is 0 Å². The summed E-state index contributed by atoms with van der Waals surface area (Å²) >= 11 is 0.